The van der Waals surface area contributed by atoms with Crippen LogP contribution in [0, 0.1) is 12.7 Å². The van der Waals surface area contributed by atoms with Gasteiger partial charge in [0.25, 0.3) is 0 Å². The normalized spacial score (nSPS) is 10.2. The van der Waals surface area contributed by atoms with Gasteiger partial charge in [-0.15, -0.1) is 0 Å². The van der Waals surface area contributed by atoms with Gasteiger partial charge in [-0.2, -0.15) is 0 Å². The summed E-state index contributed by atoms with van der Waals surface area (Å²) in [6.45, 7) is 3.60. The molecule has 0 atom stereocenters. The second kappa shape index (κ2) is 3.26. The average molecular weight is 219 g/mol. The number of aryl methyl sites for hydroxylation is 2. The first-order valence-corrected chi connectivity index (χ1v) is 4.13. The van der Waals surface area contributed by atoms with Crippen molar-refractivity contribution in [2.75, 3.05) is 0 Å². The van der Waals surface area contributed by atoms with Crippen molar-refractivity contribution < 1.29 is 4.39 Å². The van der Waals surface area contributed by atoms with E-state index in [4.69, 9.17) is 0 Å². The summed E-state index contributed by atoms with van der Waals surface area (Å²) in [5.74, 6) is 0.244. The lowest BCUT2D eigenvalue weighted by Gasteiger charge is -2.00. The van der Waals surface area contributed by atoms with Crippen LogP contribution in [0.5, 0.6) is 0 Å². The third-order valence-corrected chi connectivity index (χ3v) is 1.85. The van der Waals surface area contributed by atoms with Crippen LogP contribution in [-0.2, 0) is 6.42 Å². The average Bonchev–Trinajstić information content (AvgIpc) is 1.96. The third kappa shape index (κ3) is 1.74. The Balaban J connectivity index is 3.24. The number of aromatic nitrogens is 2. The fourth-order valence-electron chi connectivity index (χ4n) is 0.814. The van der Waals surface area contributed by atoms with Crippen LogP contribution in [0.15, 0.2) is 4.60 Å². The topological polar surface area (TPSA) is 25.8 Å². The lowest BCUT2D eigenvalue weighted by molar-refractivity contribution is 0.581. The first-order valence-electron chi connectivity index (χ1n) is 3.33. The van der Waals surface area contributed by atoms with E-state index >= 15 is 0 Å². The van der Waals surface area contributed by atoms with Crippen molar-refractivity contribution in [3.63, 3.8) is 0 Å². The Morgan fingerprint density at radius 1 is 1.45 bits per heavy atom. The highest BCUT2D eigenvalue weighted by Crippen LogP contribution is 2.15. The highest BCUT2D eigenvalue weighted by atomic mass is 79.9. The molecule has 0 fully saturated rings. The van der Waals surface area contributed by atoms with Gasteiger partial charge in [-0.05, 0) is 29.3 Å². The van der Waals surface area contributed by atoms with E-state index in [0.717, 1.165) is 0 Å². The minimum absolute atomic E-state index is 0.252. The molecule has 0 bridgehead atoms. The molecule has 1 rings (SSSR count). The summed E-state index contributed by atoms with van der Waals surface area (Å²) in [5, 5.41) is 0. The molecule has 11 heavy (non-hydrogen) atoms. The second-order valence-corrected chi connectivity index (χ2v) is 2.93. The number of halogens is 2. The van der Waals surface area contributed by atoms with Gasteiger partial charge in [-0.25, -0.2) is 14.4 Å². The predicted molar refractivity (Wildman–Crippen MR) is 43.8 cm³/mol. The Labute approximate surface area is 73.0 Å². The van der Waals surface area contributed by atoms with E-state index in [1.807, 2.05) is 6.92 Å². The van der Waals surface area contributed by atoms with Gasteiger partial charge in [-0.1, -0.05) is 6.92 Å². The van der Waals surface area contributed by atoms with Crippen LogP contribution < -0.4 is 0 Å². The molecular formula is C7H8BrFN2. The lowest BCUT2D eigenvalue weighted by atomic mass is 10.3. The summed E-state index contributed by atoms with van der Waals surface area (Å²) in [6.07, 6.45) is 0.591. The molecule has 1 aromatic heterocycles. The Morgan fingerprint density at radius 3 is 2.64 bits per heavy atom. The van der Waals surface area contributed by atoms with Gasteiger partial charge in [0.1, 0.15) is 10.4 Å². The molecule has 1 aromatic rings. The summed E-state index contributed by atoms with van der Waals surface area (Å²) < 4.78 is 13.3. The molecule has 60 valence electrons. The van der Waals surface area contributed by atoms with Gasteiger partial charge in [-0.3, -0.25) is 0 Å². The maximum Gasteiger partial charge on any atom is 0.177 e. The molecule has 0 amide bonds. The van der Waals surface area contributed by atoms with Crippen molar-refractivity contribution in [3.8, 4) is 0 Å². The summed E-state index contributed by atoms with van der Waals surface area (Å²) in [6, 6.07) is 0. The maximum absolute atomic E-state index is 13.0. The Kier molecular flexibility index (Phi) is 2.54. The summed E-state index contributed by atoms with van der Waals surface area (Å²) >= 11 is 3.01. The molecule has 1 heterocycles. The Morgan fingerprint density at radius 2 is 2.09 bits per heavy atom. The first-order chi connectivity index (χ1) is 5.15. The minimum Gasteiger partial charge on any atom is -0.235 e. The molecule has 0 saturated heterocycles. The van der Waals surface area contributed by atoms with E-state index in [2.05, 4.69) is 25.9 Å². The SMILES string of the molecule is CCc1nc(C)nc(Br)c1F. The van der Waals surface area contributed by atoms with Gasteiger partial charge in [0.05, 0.1) is 5.69 Å². The van der Waals surface area contributed by atoms with Crippen LogP contribution in [0.1, 0.15) is 18.4 Å². The smallest absolute Gasteiger partial charge is 0.177 e. The highest BCUT2D eigenvalue weighted by molar-refractivity contribution is 9.10. The quantitative estimate of drug-likeness (QED) is 0.677. The fourth-order valence-corrected chi connectivity index (χ4v) is 1.30. The molecule has 0 radical (unpaired) electrons. The standard InChI is InChI=1S/C7H8BrFN2/c1-3-5-6(9)7(8)11-4(2)10-5/h3H2,1-2H3. The predicted octanol–water partition coefficient (Wildman–Crippen LogP) is 2.25. The zero-order valence-corrected chi connectivity index (χ0v) is 7.94. The zero-order chi connectivity index (χ0) is 8.43. The van der Waals surface area contributed by atoms with Gasteiger partial charge >= 0.3 is 0 Å². The van der Waals surface area contributed by atoms with E-state index in [1.54, 1.807) is 6.92 Å². The summed E-state index contributed by atoms with van der Waals surface area (Å²) in [5.41, 5.74) is 0.462. The Hall–Kier alpha value is -0.510. The van der Waals surface area contributed by atoms with E-state index in [-0.39, 0.29) is 10.4 Å². The van der Waals surface area contributed by atoms with Crippen LogP contribution in [0.3, 0.4) is 0 Å². The molecule has 0 N–H and O–H groups in total. The van der Waals surface area contributed by atoms with Gasteiger partial charge in [0.2, 0.25) is 0 Å². The van der Waals surface area contributed by atoms with Crippen molar-refractivity contribution in [1.82, 2.24) is 9.97 Å². The van der Waals surface area contributed by atoms with Crippen molar-refractivity contribution >= 4 is 15.9 Å². The van der Waals surface area contributed by atoms with Crippen LogP contribution in [0.25, 0.3) is 0 Å². The summed E-state index contributed by atoms with van der Waals surface area (Å²) in [4.78, 5) is 7.75. The third-order valence-electron chi connectivity index (χ3n) is 1.33. The number of hydrogen-bond acceptors (Lipinski definition) is 2. The first kappa shape index (κ1) is 8.59. The largest absolute Gasteiger partial charge is 0.235 e. The van der Waals surface area contributed by atoms with E-state index in [0.29, 0.717) is 17.9 Å². The van der Waals surface area contributed by atoms with E-state index < -0.39 is 0 Å². The van der Waals surface area contributed by atoms with Crippen molar-refractivity contribution in [3.05, 3.63) is 21.9 Å². The molecule has 2 nitrogen and oxygen atoms in total. The van der Waals surface area contributed by atoms with Crippen molar-refractivity contribution in [2.24, 2.45) is 0 Å². The number of rotatable bonds is 1. The minimum atomic E-state index is -0.349. The maximum atomic E-state index is 13.0. The molecule has 0 unspecified atom stereocenters. The van der Waals surface area contributed by atoms with Crippen LogP contribution >= 0.6 is 15.9 Å². The van der Waals surface area contributed by atoms with E-state index in [9.17, 15) is 4.39 Å². The molecule has 0 aliphatic rings. The van der Waals surface area contributed by atoms with Crippen LogP contribution in [0.2, 0.25) is 0 Å². The monoisotopic (exact) mass is 218 g/mol. The van der Waals surface area contributed by atoms with Crippen molar-refractivity contribution in [2.45, 2.75) is 20.3 Å². The molecule has 0 spiro atoms. The number of nitrogens with zero attached hydrogens (tertiary/aromatic N) is 2. The zero-order valence-electron chi connectivity index (χ0n) is 6.36. The summed E-state index contributed by atoms with van der Waals surface area (Å²) in [7, 11) is 0. The molecule has 0 aliphatic carbocycles. The molecular weight excluding hydrogens is 211 g/mol. The molecule has 0 aromatic carbocycles. The number of hydrogen-bond donors (Lipinski definition) is 0. The second-order valence-electron chi connectivity index (χ2n) is 2.18. The van der Waals surface area contributed by atoms with Crippen molar-refractivity contribution in [1.29, 1.82) is 0 Å². The molecule has 0 aliphatic heterocycles. The molecule has 4 heteroatoms. The lowest BCUT2D eigenvalue weighted by Crippen LogP contribution is -1.99. The van der Waals surface area contributed by atoms with E-state index in [1.165, 1.54) is 0 Å². The fraction of sp³-hybridized carbons (Fsp3) is 0.429. The highest BCUT2D eigenvalue weighted by Gasteiger charge is 2.07. The molecule has 0 saturated carbocycles. The van der Waals surface area contributed by atoms with Gasteiger partial charge in [0.15, 0.2) is 5.82 Å². The van der Waals surface area contributed by atoms with Gasteiger partial charge < -0.3 is 0 Å². The van der Waals surface area contributed by atoms with Gasteiger partial charge in [0, 0.05) is 0 Å². The van der Waals surface area contributed by atoms with Crippen LogP contribution in [0.4, 0.5) is 4.39 Å². The Bertz CT molecular complexity index is 275. The van der Waals surface area contributed by atoms with Crippen LogP contribution in [-0.4, -0.2) is 9.97 Å².